The number of aromatic amines is 1. The summed E-state index contributed by atoms with van der Waals surface area (Å²) in [6.45, 7) is 4.27. The van der Waals surface area contributed by atoms with Crippen molar-refractivity contribution in [1.29, 1.82) is 0 Å². The van der Waals surface area contributed by atoms with Gasteiger partial charge in [-0.1, -0.05) is 0 Å². The molecule has 2 atom stereocenters. The molecule has 1 aromatic rings. The van der Waals surface area contributed by atoms with Crippen molar-refractivity contribution in [1.82, 2.24) is 15.3 Å². The van der Waals surface area contributed by atoms with Crippen LogP contribution in [0.1, 0.15) is 29.3 Å². The van der Waals surface area contributed by atoms with E-state index >= 15 is 0 Å². The van der Waals surface area contributed by atoms with E-state index in [4.69, 9.17) is 0 Å². The second-order valence-corrected chi connectivity index (χ2v) is 5.15. The molecule has 0 amide bonds. The molecule has 0 saturated carbocycles. The van der Waals surface area contributed by atoms with Crippen LogP contribution in [0.15, 0.2) is 24.5 Å². The number of piperidine rings is 1. The second kappa shape index (κ2) is 4.49. The summed E-state index contributed by atoms with van der Waals surface area (Å²) >= 11 is 0. The zero-order valence-corrected chi connectivity index (χ0v) is 10.2. The van der Waals surface area contributed by atoms with Crippen molar-refractivity contribution < 1.29 is 0 Å². The lowest BCUT2D eigenvalue weighted by Gasteiger charge is -2.36. The molecule has 3 heteroatoms. The van der Waals surface area contributed by atoms with E-state index in [1.165, 1.54) is 30.5 Å². The third-order valence-electron chi connectivity index (χ3n) is 3.86. The molecule has 0 radical (unpaired) electrons. The van der Waals surface area contributed by atoms with Gasteiger partial charge in [0.05, 0.1) is 0 Å². The maximum Gasteiger partial charge on any atom is 0.102 e. The van der Waals surface area contributed by atoms with Gasteiger partial charge in [-0.15, -0.1) is 0 Å². The smallest absolute Gasteiger partial charge is 0.102 e. The molecule has 2 heterocycles. The third-order valence-corrected chi connectivity index (χ3v) is 3.86. The predicted molar refractivity (Wildman–Crippen MR) is 68.4 cm³/mol. The standard InChI is InChI=1S/C14H19N3/c1-10-16-4-2-12-6-11-7-13(9-15-8-11)14(12)3-5-17-10/h2-5,11,13,15H,6-9H2,1H3,(H,16,17). The van der Waals surface area contributed by atoms with Crippen molar-refractivity contribution in [3.63, 3.8) is 0 Å². The van der Waals surface area contributed by atoms with Crippen LogP contribution in [-0.4, -0.2) is 23.1 Å². The van der Waals surface area contributed by atoms with Crippen LogP contribution in [0, 0.1) is 12.8 Å². The van der Waals surface area contributed by atoms with Crippen molar-refractivity contribution in [2.75, 3.05) is 13.1 Å². The van der Waals surface area contributed by atoms with Crippen molar-refractivity contribution >= 4 is 0 Å². The Kier molecular flexibility index (Phi) is 2.85. The molecule has 0 spiro atoms. The Morgan fingerprint density at radius 3 is 3.18 bits per heavy atom. The number of aryl methyl sites for hydroxylation is 1. The number of rotatable bonds is 0. The van der Waals surface area contributed by atoms with Gasteiger partial charge in [0.25, 0.3) is 0 Å². The van der Waals surface area contributed by atoms with Crippen LogP contribution < -0.4 is 5.32 Å². The average Bonchev–Trinajstić information content (AvgIpc) is 2.40. The van der Waals surface area contributed by atoms with Crippen molar-refractivity contribution in [3.05, 3.63) is 41.5 Å². The monoisotopic (exact) mass is 229 g/mol. The minimum absolute atomic E-state index is 0.673. The number of nitrogens with one attached hydrogen (secondary N) is 2. The largest absolute Gasteiger partial charge is 0.350 e. The highest BCUT2D eigenvalue weighted by Gasteiger charge is 2.29. The number of aromatic nitrogens is 2. The Morgan fingerprint density at radius 2 is 2.24 bits per heavy atom. The van der Waals surface area contributed by atoms with Crippen LogP contribution >= 0.6 is 0 Å². The first kappa shape index (κ1) is 10.8. The summed E-state index contributed by atoms with van der Waals surface area (Å²) in [5.74, 6) is 2.43. The minimum atomic E-state index is 0.673. The Hall–Kier alpha value is -1.35. The van der Waals surface area contributed by atoms with Crippen LogP contribution in [-0.2, 0) is 6.42 Å². The summed E-state index contributed by atoms with van der Waals surface area (Å²) in [6.07, 6.45) is 6.48. The number of fused-ring (bicyclic) bond motifs is 4. The van der Waals surface area contributed by atoms with Gasteiger partial charge < -0.3 is 10.3 Å². The van der Waals surface area contributed by atoms with Crippen molar-refractivity contribution in [2.24, 2.45) is 5.92 Å². The molecule has 1 saturated heterocycles. The van der Waals surface area contributed by atoms with Gasteiger partial charge in [-0.05, 0) is 61.4 Å². The van der Waals surface area contributed by atoms with E-state index in [0.29, 0.717) is 5.92 Å². The Morgan fingerprint density at radius 1 is 1.29 bits per heavy atom. The molecule has 3 nitrogen and oxygen atoms in total. The zero-order chi connectivity index (χ0) is 11.7. The first-order valence-electron chi connectivity index (χ1n) is 6.41. The number of hydrogen-bond acceptors (Lipinski definition) is 2. The van der Waals surface area contributed by atoms with Crippen LogP contribution in [0.5, 0.6) is 0 Å². The molecule has 17 heavy (non-hydrogen) atoms. The van der Waals surface area contributed by atoms with Gasteiger partial charge in [-0.25, -0.2) is 4.98 Å². The fourth-order valence-electron chi connectivity index (χ4n) is 3.05. The van der Waals surface area contributed by atoms with E-state index in [-0.39, 0.29) is 0 Å². The molecule has 2 bridgehead atoms. The molecule has 3 rings (SSSR count). The summed E-state index contributed by atoms with van der Waals surface area (Å²) < 4.78 is 0. The number of hydrogen-bond donors (Lipinski definition) is 2. The van der Waals surface area contributed by atoms with E-state index in [0.717, 1.165) is 18.3 Å². The van der Waals surface area contributed by atoms with Gasteiger partial charge >= 0.3 is 0 Å². The van der Waals surface area contributed by atoms with Crippen molar-refractivity contribution in [2.45, 2.75) is 25.7 Å². The van der Waals surface area contributed by atoms with Gasteiger partial charge in [-0.3, -0.25) is 0 Å². The van der Waals surface area contributed by atoms with Crippen LogP contribution in [0.2, 0.25) is 0 Å². The van der Waals surface area contributed by atoms with Gasteiger partial charge in [0.2, 0.25) is 0 Å². The van der Waals surface area contributed by atoms with Gasteiger partial charge in [0.1, 0.15) is 5.82 Å². The Balaban J connectivity index is 2.11. The van der Waals surface area contributed by atoms with Crippen LogP contribution in [0.4, 0.5) is 0 Å². The maximum absolute atomic E-state index is 4.36. The van der Waals surface area contributed by atoms with Gasteiger partial charge in [-0.2, -0.15) is 0 Å². The summed E-state index contributed by atoms with van der Waals surface area (Å²) in [6, 6.07) is 4.43. The molecule has 2 aliphatic rings. The molecule has 1 aliphatic heterocycles. The SMILES string of the molecule is Cc1nccc2c(cc[nH]1)CC1CNCC2C1. The Bertz CT molecular complexity index is 463. The van der Waals surface area contributed by atoms with Gasteiger partial charge in [0.15, 0.2) is 0 Å². The average molecular weight is 229 g/mol. The fourth-order valence-corrected chi connectivity index (χ4v) is 3.05. The third kappa shape index (κ3) is 2.20. The lowest BCUT2D eigenvalue weighted by Crippen LogP contribution is -2.39. The molecule has 1 aromatic heterocycles. The van der Waals surface area contributed by atoms with E-state index in [2.05, 4.69) is 27.4 Å². The van der Waals surface area contributed by atoms with Crippen LogP contribution in [0.3, 0.4) is 0 Å². The summed E-state index contributed by atoms with van der Waals surface area (Å²) in [4.78, 5) is 7.55. The highest BCUT2D eigenvalue weighted by Crippen LogP contribution is 2.35. The molecule has 2 N–H and O–H groups in total. The summed E-state index contributed by atoms with van der Waals surface area (Å²) in [5.41, 5.74) is 2.96. The molecule has 90 valence electrons. The molecule has 2 unspecified atom stereocenters. The van der Waals surface area contributed by atoms with E-state index in [9.17, 15) is 0 Å². The van der Waals surface area contributed by atoms with E-state index in [1.54, 1.807) is 0 Å². The number of H-pyrrole nitrogens is 1. The minimum Gasteiger partial charge on any atom is -0.350 e. The first-order valence-corrected chi connectivity index (χ1v) is 6.41. The van der Waals surface area contributed by atoms with Gasteiger partial charge in [0, 0.05) is 18.9 Å². The molecule has 0 aromatic carbocycles. The quantitative estimate of drug-likeness (QED) is 0.715. The van der Waals surface area contributed by atoms with E-state index < -0.39 is 0 Å². The lowest BCUT2D eigenvalue weighted by atomic mass is 9.75. The fraction of sp³-hybridized carbons (Fsp3) is 0.500. The Labute approximate surface area is 102 Å². The highest BCUT2D eigenvalue weighted by molar-refractivity contribution is 5.31. The van der Waals surface area contributed by atoms with Crippen molar-refractivity contribution in [3.8, 4) is 0 Å². The van der Waals surface area contributed by atoms with Crippen LogP contribution in [0.25, 0.3) is 0 Å². The predicted octanol–water partition coefficient (Wildman–Crippen LogP) is 2.09. The molecular weight excluding hydrogens is 210 g/mol. The molecule has 1 fully saturated rings. The highest BCUT2D eigenvalue weighted by atomic mass is 14.9. The normalized spacial score (nSPS) is 25.9. The lowest BCUT2D eigenvalue weighted by molar-refractivity contribution is 0.318. The summed E-state index contributed by atoms with van der Waals surface area (Å²) in [7, 11) is 0. The summed E-state index contributed by atoms with van der Waals surface area (Å²) in [5, 5.41) is 3.54. The topological polar surface area (TPSA) is 40.7 Å². The number of nitrogens with zero attached hydrogens (tertiary/aromatic N) is 1. The first-order chi connectivity index (χ1) is 8.33. The second-order valence-electron chi connectivity index (χ2n) is 5.15. The maximum atomic E-state index is 4.36. The zero-order valence-electron chi connectivity index (χ0n) is 10.2. The molecule has 1 aliphatic carbocycles. The van der Waals surface area contributed by atoms with E-state index in [1.807, 2.05) is 19.3 Å². The molecular formula is C14H19N3.